The molecule has 0 aromatic heterocycles. The van der Waals surface area contributed by atoms with Gasteiger partial charge in [-0.05, 0) is 13.8 Å². The Hall–Kier alpha value is -1.14. The molecular weight excluding hydrogens is 250 g/mol. The Morgan fingerprint density at radius 1 is 1.37 bits per heavy atom. The lowest BCUT2D eigenvalue weighted by Gasteiger charge is -2.34. The number of methoxy groups -OCH3 is 2. The Bertz CT molecular complexity index is 329. The first-order valence-corrected chi connectivity index (χ1v) is 6.39. The van der Waals surface area contributed by atoms with E-state index in [1.165, 1.54) is 7.11 Å². The molecule has 6 heteroatoms. The van der Waals surface area contributed by atoms with Gasteiger partial charge in [-0.15, -0.1) is 0 Å². The molecule has 0 saturated carbocycles. The van der Waals surface area contributed by atoms with Crippen LogP contribution in [0.4, 0.5) is 0 Å². The lowest BCUT2D eigenvalue weighted by atomic mass is 10.0. The number of amides is 1. The second-order valence-electron chi connectivity index (χ2n) is 5.25. The van der Waals surface area contributed by atoms with Crippen LogP contribution in [0, 0.1) is 0 Å². The van der Waals surface area contributed by atoms with Gasteiger partial charge in [0, 0.05) is 20.2 Å². The third kappa shape index (κ3) is 5.16. The van der Waals surface area contributed by atoms with Gasteiger partial charge >= 0.3 is 5.97 Å². The zero-order valence-electron chi connectivity index (χ0n) is 12.1. The predicted molar refractivity (Wildman–Crippen MR) is 68.7 cm³/mol. The molecule has 110 valence electrons. The number of rotatable bonds is 5. The first-order chi connectivity index (χ1) is 8.88. The summed E-state index contributed by atoms with van der Waals surface area (Å²) in [5.74, 6) is -0.304. The normalized spacial score (nSPS) is 20.2. The van der Waals surface area contributed by atoms with Crippen LogP contribution in [-0.2, 0) is 23.8 Å². The molecule has 1 heterocycles. The molecule has 0 radical (unpaired) electrons. The SMILES string of the molecule is COC(=O)CC1CN(C(=O)CC(C)(C)OC)CCO1. The fourth-order valence-electron chi connectivity index (χ4n) is 1.89. The van der Waals surface area contributed by atoms with Crippen molar-refractivity contribution in [1.29, 1.82) is 0 Å². The fraction of sp³-hybridized carbons (Fsp3) is 0.846. The van der Waals surface area contributed by atoms with Crippen molar-refractivity contribution >= 4 is 11.9 Å². The molecule has 1 aliphatic rings. The van der Waals surface area contributed by atoms with Crippen molar-refractivity contribution in [1.82, 2.24) is 4.90 Å². The highest BCUT2D eigenvalue weighted by Crippen LogP contribution is 2.17. The summed E-state index contributed by atoms with van der Waals surface area (Å²) in [6, 6.07) is 0. The average molecular weight is 273 g/mol. The van der Waals surface area contributed by atoms with E-state index < -0.39 is 5.60 Å². The summed E-state index contributed by atoms with van der Waals surface area (Å²) >= 11 is 0. The van der Waals surface area contributed by atoms with E-state index in [1.54, 1.807) is 12.0 Å². The molecule has 1 aliphatic heterocycles. The Kier molecular flexibility index (Phi) is 5.75. The van der Waals surface area contributed by atoms with Gasteiger partial charge in [-0.1, -0.05) is 0 Å². The average Bonchev–Trinajstić information content (AvgIpc) is 2.38. The van der Waals surface area contributed by atoms with Crippen LogP contribution in [0.5, 0.6) is 0 Å². The number of hydrogen-bond acceptors (Lipinski definition) is 5. The molecule has 1 amide bonds. The van der Waals surface area contributed by atoms with E-state index in [-0.39, 0.29) is 24.4 Å². The van der Waals surface area contributed by atoms with Gasteiger partial charge in [-0.3, -0.25) is 9.59 Å². The number of carbonyl (C=O) groups excluding carboxylic acids is 2. The van der Waals surface area contributed by atoms with Crippen LogP contribution in [0.1, 0.15) is 26.7 Å². The second-order valence-corrected chi connectivity index (χ2v) is 5.25. The van der Waals surface area contributed by atoms with E-state index in [2.05, 4.69) is 4.74 Å². The molecule has 0 aliphatic carbocycles. The lowest BCUT2D eigenvalue weighted by molar-refractivity contribution is -0.152. The Morgan fingerprint density at radius 3 is 2.63 bits per heavy atom. The Labute approximate surface area is 114 Å². The maximum absolute atomic E-state index is 12.1. The summed E-state index contributed by atoms with van der Waals surface area (Å²) in [6.07, 6.45) is 0.207. The van der Waals surface area contributed by atoms with Gasteiger partial charge in [-0.2, -0.15) is 0 Å². The van der Waals surface area contributed by atoms with E-state index >= 15 is 0 Å². The highest BCUT2D eigenvalue weighted by molar-refractivity contribution is 5.77. The quantitative estimate of drug-likeness (QED) is 0.686. The molecule has 1 fully saturated rings. The second kappa shape index (κ2) is 6.86. The maximum atomic E-state index is 12.1. The van der Waals surface area contributed by atoms with Gasteiger partial charge in [0.05, 0.1) is 38.3 Å². The number of esters is 1. The summed E-state index contributed by atoms with van der Waals surface area (Å²) in [4.78, 5) is 25.1. The topological polar surface area (TPSA) is 65.1 Å². The van der Waals surface area contributed by atoms with Gasteiger partial charge in [-0.25, -0.2) is 0 Å². The summed E-state index contributed by atoms with van der Waals surface area (Å²) in [5.41, 5.74) is -0.479. The van der Waals surface area contributed by atoms with Crippen LogP contribution < -0.4 is 0 Å². The minimum atomic E-state index is -0.479. The molecule has 0 aromatic carbocycles. The van der Waals surface area contributed by atoms with Gasteiger partial charge in [0.2, 0.25) is 5.91 Å². The third-order valence-corrected chi connectivity index (χ3v) is 3.24. The van der Waals surface area contributed by atoms with Gasteiger partial charge < -0.3 is 19.1 Å². The van der Waals surface area contributed by atoms with Crippen molar-refractivity contribution in [2.45, 2.75) is 38.4 Å². The van der Waals surface area contributed by atoms with Gasteiger partial charge in [0.25, 0.3) is 0 Å². The van der Waals surface area contributed by atoms with Crippen LogP contribution >= 0.6 is 0 Å². The molecule has 1 unspecified atom stereocenters. The van der Waals surface area contributed by atoms with Crippen molar-refractivity contribution in [3.63, 3.8) is 0 Å². The summed E-state index contributed by atoms with van der Waals surface area (Å²) in [5, 5.41) is 0. The lowest BCUT2D eigenvalue weighted by Crippen LogP contribution is -2.48. The number of hydrogen-bond donors (Lipinski definition) is 0. The highest BCUT2D eigenvalue weighted by Gasteiger charge is 2.29. The van der Waals surface area contributed by atoms with Crippen molar-refractivity contribution in [3.05, 3.63) is 0 Å². The zero-order valence-corrected chi connectivity index (χ0v) is 12.1. The minimum absolute atomic E-state index is 0.0185. The molecule has 1 rings (SSSR count). The van der Waals surface area contributed by atoms with E-state index in [0.29, 0.717) is 26.1 Å². The molecule has 0 N–H and O–H groups in total. The minimum Gasteiger partial charge on any atom is -0.469 e. The number of nitrogens with zero attached hydrogens (tertiary/aromatic N) is 1. The summed E-state index contributed by atoms with van der Waals surface area (Å²) in [7, 11) is 2.93. The summed E-state index contributed by atoms with van der Waals surface area (Å²) in [6.45, 7) is 5.17. The van der Waals surface area contributed by atoms with Crippen molar-refractivity contribution in [2.75, 3.05) is 33.9 Å². The van der Waals surface area contributed by atoms with E-state index in [1.807, 2.05) is 13.8 Å². The van der Waals surface area contributed by atoms with E-state index in [0.717, 1.165) is 0 Å². The van der Waals surface area contributed by atoms with Crippen LogP contribution in [0.25, 0.3) is 0 Å². The molecule has 0 aromatic rings. The standard InChI is InChI=1S/C13H23NO5/c1-13(2,18-4)8-11(15)14-5-6-19-10(9-14)7-12(16)17-3/h10H,5-9H2,1-4H3. The molecule has 0 bridgehead atoms. The number of ether oxygens (including phenoxy) is 3. The molecule has 1 saturated heterocycles. The molecule has 6 nitrogen and oxygen atoms in total. The summed E-state index contributed by atoms with van der Waals surface area (Å²) < 4.78 is 15.3. The molecule has 1 atom stereocenters. The fourth-order valence-corrected chi connectivity index (χ4v) is 1.89. The molecule has 0 spiro atoms. The first kappa shape index (κ1) is 15.9. The Morgan fingerprint density at radius 2 is 2.05 bits per heavy atom. The maximum Gasteiger partial charge on any atom is 0.308 e. The first-order valence-electron chi connectivity index (χ1n) is 6.39. The zero-order chi connectivity index (χ0) is 14.5. The predicted octanol–water partition coefficient (Wildman–Crippen LogP) is 0.592. The van der Waals surface area contributed by atoms with Crippen molar-refractivity contribution in [2.24, 2.45) is 0 Å². The van der Waals surface area contributed by atoms with Crippen LogP contribution in [0.3, 0.4) is 0 Å². The molecule has 19 heavy (non-hydrogen) atoms. The van der Waals surface area contributed by atoms with Gasteiger partial charge in [0.1, 0.15) is 0 Å². The smallest absolute Gasteiger partial charge is 0.308 e. The number of carbonyl (C=O) groups is 2. The highest BCUT2D eigenvalue weighted by atomic mass is 16.5. The van der Waals surface area contributed by atoms with Crippen molar-refractivity contribution < 1.29 is 23.8 Å². The Balaban J connectivity index is 2.50. The molecular formula is C13H23NO5. The van der Waals surface area contributed by atoms with E-state index in [4.69, 9.17) is 9.47 Å². The van der Waals surface area contributed by atoms with Crippen LogP contribution in [-0.4, -0.2) is 62.4 Å². The van der Waals surface area contributed by atoms with Crippen LogP contribution in [0.2, 0.25) is 0 Å². The van der Waals surface area contributed by atoms with Crippen molar-refractivity contribution in [3.8, 4) is 0 Å². The van der Waals surface area contributed by atoms with Crippen LogP contribution in [0.15, 0.2) is 0 Å². The monoisotopic (exact) mass is 273 g/mol. The largest absolute Gasteiger partial charge is 0.469 e. The van der Waals surface area contributed by atoms with E-state index in [9.17, 15) is 9.59 Å². The number of morpholine rings is 1. The third-order valence-electron chi connectivity index (χ3n) is 3.24. The van der Waals surface area contributed by atoms with Gasteiger partial charge in [0.15, 0.2) is 0 Å².